The fraction of sp³-hybridized carbons (Fsp3) is 0.350. The first-order valence-electron chi connectivity index (χ1n) is 8.99. The van der Waals surface area contributed by atoms with E-state index in [1.54, 1.807) is 0 Å². The van der Waals surface area contributed by atoms with Crippen LogP contribution >= 0.6 is 11.3 Å². The molecule has 0 spiro atoms. The van der Waals surface area contributed by atoms with E-state index < -0.39 is 0 Å². The second kappa shape index (κ2) is 7.51. The van der Waals surface area contributed by atoms with Gasteiger partial charge in [0.25, 0.3) is 0 Å². The van der Waals surface area contributed by atoms with E-state index in [1.165, 1.54) is 10.4 Å². The molecule has 2 amide bonds. The molecule has 0 radical (unpaired) electrons. The number of furan rings is 1. The molecule has 1 aromatic carbocycles. The number of amides is 2. The molecular weight excluding hydrogens is 346 g/mol. The van der Waals surface area contributed by atoms with Crippen LogP contribution in [0.5, 0.6) is 0 Å². The van der Waals surface area contributed by atoms with Gasteiger partial charge in [-0.3, -0.25) is 4.90 Å². The number of nitrogens with one attached hydrogen (secondary N) is 2. The van der Waals surface area contributed by atoms with E-state index in [4.69, 9.17) is 4.42 Å². The normalized spacial score (nSPS) is 15.6. The number of benzene rings is 1. The van der Waals surface area contributed by atoms with Gasteiger partial charge in [0, 0.05) is 36.4 Å². The van der Waals surface area contributed by atoms with Crippen LogP contribution in [0, 0.1) is 0 Å². The summed E-state index contributed by atoms with van der Waals surface area (Å²) in [5.74, 6) is 0.766. The Morgan fingerprint density at radius 1 is 1.35 bits per heavy atom. The number of thiophene rings is 1. The van der Waals surface area contributed by atoms with E-state index >= 15 is 0 Å². The van der Waals surface area contributed by atoms with Crippen LogP contribution < -0.4 is 10.6 Å². The van der Waals surface area contributed by atoms with Crippen molar-refractivity contribution >= 4 is 28.3 Å². The number of nitrogens with zero attached hydrogens (tertiary/aromatic N) is 1. The minimum Gasteiger partial charge on any atom is -0.459 e. The van der Waals surface area contributed by atoms with Crippen molar-refractivity contribution in [1.82, 2.24) is 15.5 Å². The lowest BCUT2D eigenvalue weighted by atomic mass is 10.1. The van der Waals surface area contributed by atoms with Gasteiger partial charge in [0.2, 0.25) is 0 Å². The molecule has 1 aliphatic rings. The van der Waals surface area contributed by atoms with E-state index in [0.717, 1.165) is 42.8 Å². The van der Waals surface area contributed by atoms with E-state index in [1.807, 2.05) is 48.6 Å². The second-order valence-corrected chi connectivity index (χ2v) is 7.70. The monoisotopic (exact) mass is 369 g/mol. The van der Waals surface area contributed by atoms with Crippen LogP contribution in [0.3, 0.4) is 0 Å². The zero-order chi connectivity index (χ0) is 17.9. The highest BCUT2D eigenvalue weighted by molar-refractivity contribution is 7.10. The molecule has 6 heteroatoms. The first-order valence-corrected chi connectivity index (χ1v) is 9.87. The summed E-state index contributed by atoms with van der Waals surface area (Å²) in [5.41, 5.74) is 2.28. The van der Waals surface area contributed by atoms with Crippen molar-refractivity contribution in [2.75, 3.05) is 19.6 Å². The van der Waals surface area contributed by atoms with Crippen LogP contribution in [0.4, 0.5) is 4.79 Å². The molecule has 1 aliphatic heterocycles. The first kappa shape index (κ1) is 17.1. The summed E-state index contributed by atoms with van der Waals surface area (Å²) in [6.45, 7) is 5.48. The Labute approximate surface area is 157 Å². The Bertz CT molecular complexity index is 868. The van der Waals surface area contributed by atoms with Gasteiger partial charge in [0.05, 0.1) is 6.04 Å². The van der Waals surface area contributed by atoms with Crippen molar-refractivity contribution in [2.45, 2.75) is 25.9 Å². The standard InChI is InChI=1S/C20H23N3O2S/c1-14(18-12-15-4-2-3-5-17(15)25-18)22-20(24)21-8-10-23-9-6-19-16(13-23)7-11-26-19/h2-5,7,11-12,14H,6,8-10,13H2,1H3,(H2,21,22,24). The molecule has 1 atom stereocenters. The van der Waals surface area contributed by atoms with E-state index in [9.17, 15) is 4.79 Å². The van der Waals surface area contributed by atoms with Crippen molar-refractivity contribution in [3.05, 3.63) is 58.0 Å². The van der Waals surface area contributed by atoms with Crippen LogP contribution in [0.2, 0.25) is 0 Å². The number of rotatable bonds is 5. The minimum absolute atomic E-state index is 0.161. The second-order valence-electron chi connectivity index (χ2n) is 6.70. The summed E-state index contributed by atoms with van der Waals surface area (Å²) in [5, 5.41) is 9.11. The molecule has 0 bridgehead atoms. The smallest absolute Gasteiger partial charge is 0.315 e. The fourth-order valence-corrected chi connectivity index (χ4v) is 4.25. The number of hydrogen-bond acceptors (Lipinski definition) is 4. The van der Waals surface area contributed by atoms with Crippen LogP contribution in [0.25, 0.3) is 11.0 Å². The van der Waals surface area contributed by atoms with Crippen molar-refractivity contribution < 1.29 is 9.21 Å². The quantitative estimate of drug-likeness (QED) is 0.717. The van der Waals surface area contributed by atoms with Gasteiger partial charge in [-0.2, -0.15) is 0 Å². The van der Waals surface area contributed by atoms with Crippen LogP contribution in [-0.2, 0) is 13.0 Å². The summed E-state index contributed by atoms with van der Waals surface area (Å²) >= 11 is 1.85. The average Bonchev–Trinajstić information content (AvgIpc) is 3.27. The highest BCUT2D eigenvalue weighted by Crippen LogP contribution is 2.24. The Hall–Kier alpha value is -2.31. The largest absolute Gasteiger partial charge is 0.459 e. The Balaban J connectivity index is 1.24. The molecule has 0 fully saturated rings. The first-order chi connectivity index (χ1) is 12.7. The topological polar surface area (TPSA) is 57.5 Å². The molecular formula is C20H23N3O2S. The summed E-state index contributed by atoms with van der Waals surface area (Å²) in [4.78, 5) is 16.1. The number of urea groups is 1. The van der Waals surface area contributed by atoms with Crippen LogP contribution in [-0.4, -0.2) is 30.6 Å². The fourth-order valence-electron chi connectivity index (χ4n) is 3.36. The molecule has 3 heterocycles. The highest BCUT2D eigenvalue weighted by Gasteiger charge is 2.17. The number of carbonyl (C=O) groups is 1. The van der Waals surface area contributed by atoms with Crippen LogP contribution in [0.1, 0.15) is 29.2 Å². The maximum atomic E-state index is 12.2. The maximum Gasteiger partial charge on any atom is 0.315 e. The number of fused-ring (bicyclic) bond motifs is 2. The van der Waals surface area contributed by atoms with Gasteiger partial charge in [0.15, 0.2) is 0 Å². The lowest BCUT2D eigenvalue weighted by Gasteiger charge is -2.26. The molecule has 0 saturated carbocycles. The van der Waals surface area contributed by atoms with Crippen molar-refractivity contribution in [3.8, 4) is 0 Å². The SMILES string of the molecule is CC(NC(=O)NCCN1CCc2sccc2C1)c1cc2ccccc2o1. The van der Waals surface area contributed by atoms with Crippen molar-refractivity contribution in [2.24, 2.45) is 0 Å². The summed E-state index contributed by atoms with van der Waals surface area (Å²) < 4.78 is 5.81. The molecule has 4 rings (SSSR count). The third kappa shape index (κ3) is 3.76. The number of hydrogen-bond donors (Lipinski definition) is 2. The summed E-state index contributed by atoms with van der Waals surface area (Å²) in [6.07, 6.45) is 1.11. The molecule has 136 valence electrons. The molecule has 26 heavy (non-hydrogen) atoms. The van der Waals surface area contributed by atoms with Crippen molar-refractivity contribution in [3.63, 3.8) is 0 Å². The van der Waals surface area contributed by atoms with Gasteiger partial charge in [-0.25, -0.2) is 4.79 Å². The Morgan fingerprint density at radius 3 is 3.12 bits per heavy atom. The molecule has 0 saturated heterocycles. The molecule has 5 nitrogen and oxygen atoms in total. The molecule has 1 unspecified atom stereocenters. The highest BCUT2D eigenvalue weighted by atomic mass is 32.1. The van der Waals surface area contributed by atoms with Gasteiger partial charge in [-0.15, -0.1) is 11.3 Å². The third-order valence-corrected chi connectivity index (χ3v) is 5.84. The number of para-hydroxylation sites is 1. The zero-order valence-electron chi connectivity index (χ0n) is 14.8. The van der Waals surface area contributed by atoms with E-state index in [2.05, 4.69) is 27.0 Å². The van der Waals surface area contributed by atoms with Gasteiger partial charge in [-0.1, -0.05) is 18.2 Å². The molecule has 3 aromatic rings. The molecule has 0 aliphatic carbocycles. The predicted octanol–water partition coefficient (Wildman–Crippen LogP) is 3.91. The van der Waals surface area contributed by atoms with E-state index in [0.29, 0.717) is 6.54 Å². The van der Waals surface area contributed by atoms with Gasteiger partial charge < -0.3 is 15.1 Å². The molecule has 2 aromatic heterocycles. The van der Waals surface area contributed by atoms with Crippen LogP contribution in [0.15, 0.2) is 46.2 Å². The summed E-state index contributed by atoms with van der Waals surface area (Å²) in [6, 6.07) is 11.7. The third-order valence-electron chi connectivity index (χ3n) is 4.82. The summed E-state index contributed by atoms with van der Waals surface area (Å²) in [7, 11) is 0. The van der Waals surface area contributed by atoms with Gasteiger partial charge >= 0.3 is 6.03 Å². The Morgan fingerprint density at radius 2 is 2.23 bits per heavy atom. The Kier molecular flexibility index (Phi) is 4.95. The maximum absolute atomic E-state index is 12.2. The van der Waals surface area contributed by atoms with E-state index in [-0.39, 0.29) is 12.1 Å². The van der Waals surface area contributed by atoms with Gasteiger partial charge in [0.1, 0.15) is 11.3 Å². The lowest BCUT2D eigenvalue weighted by Crippen LogP contribution is -2.42. The van der Waals surface area contributed by atoms with Gasteiger partial charge in [-0.05, 0) is 42.5 Å². The molecule has 2 N–H and O–H groups in total. The lowest BCUT2D eigenvalue weighted by molar-refractivity contribution is 0.227. The minimum atomic E-state index is -0.175. The average molecular weight is 369 g/mol. The number of carbonyl (C=O) groups excluding carboxylic acids is 1. The predicted molar refractivity (Wildman–Crippen MR) is 104 cm³/mol. The van der Waals surface area contributed by atoms with Crippen molar-refractivity contribution in [1.29, 1.82) is 0 Å². The zero-order valence-corrected chi connectivity index (χ0v) is 15.6.